The van der Waals surface area contributed by atoms with Crippen molar-refractivity contribution in [2.24, 2.45) is 0 Å². The van der Waals surface area contributed by atoms with Crippen LogP contribution in [0.25, 0.3) is 43.5 Å². The summed E-state index contributed by atoms with van der Waals surface area (Å²) in [6.45, 7) is -1.01. The van der Waals surface area contributed by atoms with Crippen LogP contribution in [-0.2, 0) is 26.8 Å². The summed E-state index contributed by atoms with van der Waals surface area (Å²) >= 11 is 0. The van der Waals surface area contributed by atoms with Gasteiger partial charge in [-0.15, -0.1) is 0 Å². The Kier molecular flexibility index (Phi) is 4.44. The van der Waals surface area contributed by atoms with Gasteiger partial charge < -0.3 is 18.6 Å². The summed E-state index contributed by atoms with van der Waals surface area (Å²) in [7, 11) is -10.0. The molecule has 0 bridgehead atoms. The van der Waals surface area contributed by atoms with E-state index in [2.05, 4.69) is 0 Å². The number of hydrogen-bond acceptors (Lipinski definition) is 10. The average molecular weight is 489 g/mol. The highest BCUT2D eigenvalue weighted by Crippen LogP contribution is 2.39. The number of nitrogens with zero attached hydrogens (tertiary/aromatic N) is 1. The molecule has 0 amide bonds. The van der Waals surface area contributed by atoms with E-state index in [-0.39, 0.29) is 38.1 Å². The SMILES string of the molecule is O=c1c2ccc3c4cc(S(=O)(=O)[O-])ccc4oc4cc(S(=O)(=O)[O-])c(c(=O)n1CCO)c2c43. The van der Waals surface area contributed by atoms with Crippen LogP contribution in [-0.4, -0.2) is 42.2 Å². The van der Waals surface area contributed by atoms with E-state index < -0.39 is 59.7 Å². The Morgan fingerprint density at radius 3 is 2.12 bits per heavy atom. The molecule has 13 heteroatoms. The van der Waals surface area contributed by atoms with Gasteiger partial charge in [0, 0.05) is 21.5 Å². The van der Waals surface area contributed by atoms with Crippen LogP contribution in [0.5, 0.6) is 0 Å². The molecule has 0 unspecified atom stereocenters. The smallest absolute Gasteiger partial charge is 0.262 e. The van der Waals surface area contributed by atoms with E-state index in [1.54, 1.807) is 0 Å². The molecule has 0 aliphatic heterocycles. The van der Waals surface area contributed by atoms with Gasteiger partial charge in [0.2, 0.25) is 0 Å². The summed E-state index contributed by atoms with van der Waals surface area (Å²) in [5, 5.41) is 8.97. The molecule has 0 aliphatic carbocycles. The van der Waals surface area contributed by atoms with Crippen molar-refractivity contribution in [3.63, 3.8) is 0 Å². The lowest BCUT2D eigenvalue weighted by Gasteiger charge is -2.18. The molecule has 0 aliphatic rings. The van der Waals surface area contributed by atoms with Crippen LogP contribution >= 0.6 is 0 Å². The number of aliphatic hydroxyl groups excluding tert-OH is 1. The molecular weight excluding hydrogens is 478 g/mol. The minimum atomic E-state index is -5.21. The van der Waals surface area contributed by atoms with Crippen molar-refractivity contribution >= 4 is 63.7 Å². The number of fused-ring (bicyclic) bond motifs is 2. The van der Waals surface area contributed by atoms with Crippen molar-refractivity contribution in [1.82, 2.24) is 4.57 Å². The first kappa shape index (κ1) is 21.5. The highest BCUT2D eigenvalue weighted by molar-refractivity contribution is 7.86. The standard InChI is InChI=1S/C20H13NO10S2/c22-6-5-21-19(23)11-3-2-10-12-7-9(32(25,26)27)1-4-13(12)31-14-8-15(33(28,29)30)18(20(21)24)17(11)16(10)14/h1-4,7-8,22H,5-6H2,(H,25,26,27)(H,28,29,30)/p-2. The zero-order valence-electron chi connectivity index (χ0n) is 16.3. The van der Waals surface area contributed by atoms with Gasteiger partial charge in [-0.2, -0.15) is 0 Å². The predicted octanol–water partition coefficient (Wildman–Crippen LogP) is 0.653. The second-order valence-corrected chi connectivity index (χ2v) is 10.0. The quantitative estimate of drug-likeness (QED) is 0.213. The van der Waals surface area contributed by atoms with Crippen LogP contribution in [0.2, 0.25) is 0 Å². The minimum Gasteiger partial charge on any atom is -0.744 e. The molecule has 5 rings (SSSR count). The molecular formula is C20H11NO10S2-2. The van der Waals surface area contributed by atoms with Crippen molar-refractivity contribution in [3.8, 4) is 0 Å². The molecule has 2 heterocycles. The molecule has 0 radical (unpaired) electrons. The molecule has 0 saturated heterocycles. The maximum absolute atomic E-state index is 13.1. The predicted molar refractivity (Wildman–Crippen MR) is 113 cm³/mol. The fourth-order valence-corrected chi connectivity index (χ4v) is 5.34. The summed E-state index contributed by atoms with van der Waals surface area (Å²) in [6, 6.07) is 6.88. The Balaban J connectivity index is 2.14. The molecule has 0 atom stereocenters. The second-order valence-electron chi connectivity index (χ2n) is 7.31. The molecule has 5 aromatic rings. The van der Waals surface area contributed by atoms with Gasteiger partial charge in [-0.3, -0.25) is 14.2 Å². The zero-order valence-corrected chi connectivity index (χ0v) is 17.9. The van der Waals surface area contributed by atoms with Crippen LogP contribution in [0, 0.1) is 0 Å². The van der Waals surface area contributed by atoms with E-state index in [0.29, 0.717) is 4.57 Å². The van der Waals surface area contributed by atoms with Crippen molar-refractivity contribution in [3.05, 3.63) is 57.1 Å². The van der Waals surface area contributed by atoms with Gasteiger partial charge >= 0.3 is 0 Å². The first-order chi connectivity index (χ1) is 15.4. The third kappa shape index (κ3) is 3.05. The van der Waals surface area contributed by atoms with Crippen LogP contribution in [0.4, 0.5) is 0 Å². The molecule has 33 heavy (non-hydrogen) atoms. The van der Waals surface area contributed by atoms with E-state index >= 15 is 0 Å². The van der Waals surface area contributed by atoms with Gasteiger partial charge in [0.05, 0.1) is 28.3 Å². The maximum atomic E-state index is 13.1. The number of aromatic nitrogens is 1. The van der Waals surface area contributed by atoms with Gasteiger partial charge in [0.1, 0.15) is 31.4 Å². The van der Waals surface area contributed by atoms with Gasteiger partial charge in [0.15, 0.2) is 0 Å². The molecule has 0 spiro atoms. The number of benzene rings is 3. The Morgan fingerprint density at radius 2 is 1.48 bits per heavy atom. The van der Waals surface area contributed by atoms with Gasteiger partial charge in [-0.25, -0.2) is 16.8 Å². The van der Waals surface area contributed by atoms with Crippen molar-refractivity contribution < 1.29 is 35.5 Å². The molecule has 0 saturated carbocycles. The number of hydrogen-bond donors (Lipinski definition) is 1. The molecule has 11 nitrogen and oxygen atoms in total. The Morgan fingerprint density at radius 1 is 0.788 bits per heavy atom. The largest absolute Gasteiger partial charge is 0.744 e. The fraction of sp³-hybridized carbons (Fsp3) is 0.100. The number of aliphatic hydroxyl groups is 1. The Hall–Kier alpha value is -3.36. The Labute approximate surface area is 183 Å². The Bertz CT molecular complexity index is 1970. The zero-order chi connectivity index (χ0) is 23.9. The number of pyridine rings is 1. The van der Waals surface area contributed by atoms with Crippen LogP contribution in [0.3, 0.4) is 0 Å². The second kappa shape index (κ2) is 6.82. The lowest BCUT2D eigenvalue weighted by atomic mass is 9.96. The average Bonchev–Trinajstić information content (AvgIpc) is 2.74. The van der Waals surface area contributed by atoms with Gasteiger partial charge in [-0.05, 0) is 35.7 Å². The maximum Gasteiger partial charge on any atom is 0.262 e. The molecule has 0 fully saturated rings. The summed E-state index contributed by atoms with van der Waals surface area (Å²) in [6.07, 6.45) is 0. The van der Waals surface area contributed by atoms with Crippen LogP contribution in [0.15, 0.2) is 60.2 Å². The van der Waals surface area contributed by atoms with E-state index in [1.807, 2.05) is 0 Å². The molecule has 2 aromatic heterocycles. The summed E-state index contributed by atoms with van der Waals surface area (Å²) in [4.78, 5) is 24.5. The lowest BCUT2D eigenvalue weighted by Crippen LogP contribution is -2.35. The molecule has 3 aromatic carbocycles. The summed E-state index contributed by atoms with van der Waals surface area (Å²) < 4.78 is 76.9. The summed E-state index contributed by atoms with van der Waals surface area (Å²) in [5.41, 5.74) is -1.97. The van der Waals surface area contributed by atoms with Gasteiger partial charge in [-0.1, -0.05) is 6.07 Å². The van der Waals surface area contributed by atoms with Crippen molar-refractivity contribution in [2.45, 2.75) is 16.3 Å². The minimum absolute atomic E-state index is 0.0718. The van der Waals surface area contributed by atoms with Crippen molar-refractivity contribution in [2.75, 3.05) is 6.61 Å². The van der Waals surface area contributed by atoms with Crippen molar-refractivity contribution in [1.29, 1.82) is 0 Å². The third-order valence-corrected chi connectivity index (χ3v) is 7.18. The monoisotopic (exact) mass is 489 g/mol. The summed E-state index contributed by atoms with van der Waals surface area (Å²) in [5.74, 6) is 0. The van der Waals surface area contributed by atoms with Crippen LogP contribution in [0.1, 0.15) is 0 Å². The van der Waals surface area contributed by atoms with E-state index in [9.17, 15) is 40.6 Å². The number of rotatable bonds is 4. The highest BCUT2D eigenvalue weighted by Gasteiger charge is 2.24. The van der Waals surface area contributed by atoms with E-state index in [0.717, 1.165) is 18.2 Å². The molecule has 170 valence electrons. The molecule has 1 N–H and O–H groups in total. The van der Waals surface area contributed by atoms with E-state index in [4.69, 9.17) is 4.42 Å². The first-order valence-corrected chi connectivity index (χ1v) is 12.1. The third-order valence-electron chi connectivity index (χ3n) is 5.49. The fourth-order valence-electron chi connectivity index (χ4n) is 4.16. The van der Waals surface area contributed by atoms with E-state index in [1.165, 1.54) is 18.2 Å². The first-order valence-electron chi connectivity index (χ1n) is 9.28. The normalized spacial score (nSPS) is 13.1. The lowest BCUT2D eigenvalue weighted by molar-refractivity contribution is 0.273. The highest BCUT2D eigenvalue weighted by atomic mass is 32.2. The topological polar surface area (TPSA) is 187 Å². The van der Waals surface area contributed by atoms with Crippen LogP contribution < -0.4 is 11.1 Å². The van der Waals surface area contributed by atoms with Gasteiger partial charge in [0.25, 0.3) is 11.1 Å².